The topological polar surface area (TPSA) is 44.8 Å². The van der Waals surface area contributed by atoms with Gasteiger partial charge in [0.15, 0.2) is 6.10 Å². The van der Waals surface area contributed by atoms with Crippen molar-refractivity contribution >= 4 is 5.97 Å². The van der Waals surface area contributed by atoms with Crippen LogP contribution in [-0.2, 0) is 25.6 Å². The van der Waals surface area contributed by atoms with Crippen LogP contribution in [0.5, 0.6) is 0 Å². The third-order valence-corrected chi connectivity index (χ3v) is 3.63. The number of carbonyl (C=O) groups is 1. The van der Waals surface area contributed by atoms with Gasteiger partial charge in [-0.15, -0.1) is 0 Å². The molecule has 1 saturated heterocycles. The van der Waals surface area contributed by atoms with Gasteiger partial charge in [-0.05, 0) is 12.0 Å². The molecule has 20 heavy (non-hydrogen) atoms. The van der Waals surface area contributed by atoms with Gasteiger partial charge in [0.25, 0.3) is 0 Å². The standard InChI is InChI=1S/C16H18O4/c1-11(17)19-16-14-9-5-8-13(20-14)15(16)18-10-12-6-3-2-4-7-12/h2-8,13-16H,9-10H2,1H3/t13-,14+,15+,16+/m1/s1. The summed E-state index contributed by atoms with van der Waals surface area (Å²) in [7, 11) is 0. The predicted octanol–water partition coefficient (Wildman–Crippen LogP) is 2.23. The van der Waals surface area contributed by atoms with Crippen LogP contribution in [0.4, 0.5) is 0 Å². The Morgan fingerprint density at radius 2 is 2.10 bits per heavy atom. The van der Waals surface area contributed by atoms with Gasteiger partial charge in [-0.25, -0.2) is 0 Å². The third kappa shape index (κ3) is 2.76. The van der Waals surface area contributed by atoms with Gasteiger partial charge in [-0.2, -0.15) is 0 Å². The van der Waals surface area contributed by atoms with E-state index in [-0.39, 0.29) is 30.4 Å². The average molecular weight is 274 g/mol. The van der Waals surface area contributed by atoms with Crippen molar-refractivity contribution in [2.24, 2.45) is 0 Å². The SMILES string of the molecule is CC(=O)O[C@@H]1[C@@H](OCc2ccccc2)[C@H]2C=CC[C@@H]1O2. The maximum Gasteiger partial charge on any atom is 0.303 e. The van der Waals surface area contributed by atoms with Gasteiger partial charge in [0.05, 0.1) is 6.61 Å². The average Bonchev–Trinajstić information content (AvgIpc) is 2.68. The smallest absolute Gasteiger partial charge is 0.303 e. The molecule has 0 aromatic heterocycles. The Hall–Kier alpha value is -1.65. The second-order valence-electron chi connectivity index (χ2n) is 5.14. The molecule has 0 spiro atoms. The molecule has 0 radical (unpaired) electrons. The van der Waals surface area contributed by atoms with Gasteiger partial charge in [-0.3, -0.25) is 4.79 Å². The summed E-state index contributed by atoms with van der Waals surface area (Å²) in [4.78, 5) is 11.3. The van der Waals surface area contributed by atoms with Crippen LogP contribution < -0.4 is 0 Å². The summed E-state index contributed by atoms with van der Waals surface area (Å²) in [5.41, 5.74) is 1.10. The fraction of sp³-hybridized carbons (Fsp3) is 0.438. The lowest BCUT2D eigenvalue weighted by molar-refractivity contribution is -0.155. The molecule has 106 valence electrons. The van der Waals surface area contributed by atoms with E-state index in [0.29, 0.717) is 6.61 Å². The zero-order valence-corrected chi connectivity index (χ0v) is 11.4. The van der Waals surface area contributed by atoms with E-state index in [1.165, 1.54) is 6.92 Å². The first-order valence-electron chi connectivity index (χ1n) is 6.89. The van der Waals surface area contributed by atoms with Crippen molar-refractivity contribution in [1.29, 1.82) is 0 Å². The van der Waals surface area contributed by atoms with E-state index in [4.69, 9.17) is 14.2 Å². The van der Waals surface area contributed by atoms with Gasteiger partial charge in [-0.1, -0.05) is 42.5 Å². The molecule has 2 aliphatic rings. The highest BCUT2D eigenvalue weighted by Gasteiger charge is 2.47. The number of fused-ring (bicyclic) bond motifs is 2. The van der Waals surface area contributed by atoms with Gasteiger partial charge < -0.3 is 14.2 Å². The zero-order chi connectivity index (χ0) is 13.9. The monoisotopic (exact) mass is 274 g/mol. The van der Waals surface area contributed by atoms with Gasteiger partial charge in [0, 0.05) is 6.92 Å². The molecule has 1 fully saturated rings. The summed E-state index contributed by atoms with van der Waals surface area (Å²) >= 11 is 0. The maximum atomic E-state index is 11.3. The Bertz CT molecular complexity index is 496. The number of benzene rings is 1. The Morgan fingerprint density at radius 1 is 1.30 bits per heavy atom. The lowest BCUT2D eigenvalue weighted by Crippen LogP contribution is -2.37. The largest absolute Gasteiger partial charge is 0.457 e. The van der Waals surface area contributed by atoms with Crippen molar-refractivity contribution in [2.45, 2.75) is 44.4 Å². The van der Waals surface area contributed by atoms with E-state index >= 15 is 0 Å². The van der Waals surface area contributed by atoms with Crippen LogP contribution in [0.3, 0.4) is 0 Å². The zero-order valence-electron chi connectivity index (χ0n) is 11.4. The van der Waals surface area contributed by atoms with Crippen LogP contribution in [0.2, 0.25) is 0 Å². The molecule has 0 N–H and O–H groups in total. The first kappa shape index (κ1) is 13.3. The Morgan fingerprint density at radius 3 is 2.85 bits per heavy atom. The number of esters is 1. The normalized spacial score (nSPS) is 31.2. The molecular weight excluding hydrogens is 256 g/mol. The first-order chi connectivity index (χ1) is 9.74. The quantitative estimate of drug-likeness (QED) is 0.624. The number of rotatable bonds is 4. The van der Waals surface area contributed by atoms with Crippen molar-refractivity contribution in [3.8, 4) is 0 Å². The van der Waals surface area contributed by atoms with Crippen LogP contribution >= 0.6 is 0 Å². The fourth-order valence-electron chi connectivity index (χ4n) is 2.74. The Labute approximate surface area is 118 Å². The van der Waals surface area contributed by atoms with Crippen LogP contribution in [0.1, 0.15) is 18.9 Å². The van der Waals surface area contributed by atoms with E-state index in [9.17, 15) is 4.79 Å². The lowest BCUT2D eigenvalue weighted by Gasteiger charge is -2.22. The lowest BCUT2D eigenvalue weighted by atomic mass is 10.1. The summed E-state index contributed by atoms with van der Waals surface area (Å²) in [6, 6.07) is 9.95. The van der Waals surface area contributed by atoms with Crippen molar-refractivity contribution < 1.29 is 19.0 Å². The number of hydrogen-bond donors (Lipinski definition) is 0. The molecule has 4 heteroatoms. The van der Waals surface area contributed by atoms with Crippen LogP contribution in [0.25, 0.3) is 0 Å². The van der Waals surface area contributed by atoms with Crippen LogP contribution in [-0.4, -0.2) is 30.4 Å². The van der Waals surface area contributed by atoms with E-state index in [2.05, 4.69) is 6.08 Å². The highest BCUT2D eigenvalue weighted by Crippen LogP contribution is 2.33. The van der Waals surface area contributed by atoms with E-state index in [1.54, 1.807) is 0 Å². The second kappa shape index (κ2) is 5.77. The molecular formula is C16H18O4. The summed E-state index contributed by atoms with van der Waals surface area (Å²) in [5, 5.41) is 0. The van der Waals surface area contributed by atoms with Gasteiger partial charge >= 0.3 is 5.97 Å². The molecule has 4 nitrogen and oxygen atoms in total. The third-order valence-electron chi connectivity index (χ3n) is 3.63. The molecule has 2 heterocycles. The Kier molecular flexibility index (Phi) is 3.85. The minimum atomic E-state index is -0.323. The highest BCUT2D eigenvalue weighted by molar-refractivity contribution is 5.66. The molecule has 0 aliphatic carbocycles. The van der Waals surface area contributed by atoms with Crippen molar-refractivity contribution in [3.63, 3.8) is 0 Å². The van der Waals surface area contributed by atoms with Crippen molar-refractivity contribution in [3.05, 3.63) is 48.0 Å². The minimum Gasteiger partial charge on any atom is -0.457 e. The van der Waals surface area contributed by atoms with E-state index in [1.807, 2.05) is 36.4 Å². The molecule has 0 unspecified atom stereocenters. The molecule has 0 saturated carbocycles. The van der Waals surface area contributed by atoms with Crippen LogP contribution in [0.15, 0.2) is 42.5 Å². The summed E-state index contributed by atoms with van der Waals surface area (Å²) in [5.74, 6) is -0.292. The molecule has 1 aromatic rings. The second-order valence-corrected chi connectivity index (χ2v) is 5.14. The summed E-state index contributed by atoms with van der Waals surface area (Å²) in [6.45, 7) is 1.91. The van der Waals surface area contributed by atoms with Crippen molar-refractivity contribution in [1.82, 2.24) is 0 Å². The first-order valence-corrected chi connectivity index (χ1v) is 6.89. The number of ether oxygens (including phenoxy) is 3. The van der Waals surface area contributed by atoms with Gasteiger partial charge in [0.2, 0.25) is 0 Å². The fourth-order valence-corrected chi connectivity index (χ4v) is 2.74. The highest BCUT2D eigenvalue weighted by atomic mass is 16.6. The molecule has 1 aromatic carbocycles. The van der Waals surface area contributed by atoms with E-state index in [0.717, 1.165) is 12.0 Å². The summed E-state index contributed by atoms with van der Waals surface area (Å²) in [6.07, 6.45) is 4.06. The van der Waals surface area contributed by atoms with Gasteiger partial charge in [0.1, 0.15) is 18.3 Å². The van der Waals surface area contributed by atoms with Crippen LogP contribution in [0, 0.1) is 0 Å². The van der Waals surface area contributed by atoms with Crippen molar-refractivity contribution in [2.75, 3.05) is 0 Å². The molecule has 3 rings (SSSR count). The molecule has 4 atom stereocenters. The summed E-state index contributed by atoms with van der Waals surface area (Å²) < 4.78 is 17.2. The number of carbonyl (C=O) groups excluding carboxylic acids is 1. The molecule has 0 amide bonds. The van der Waals surface area contributed by atoms with E-state index < -0.39 is 0 Å². The molecule has 2 aliphatic heterocycles. The number of hydrogen-bond acceptors (Lipinski definition) is 4. The Balaban J connectivity index is 1.69. The maximum absolute atomic E-state index is 11.3. The molecule has 2 bridgehead atoms. The minimum absolute atomic E-state index is 0.0883. The predicted molar refractivity (Wildman–Crippen MR) is 73.0 cm³/mol.